The number of fused-ring (bicyclic) bond motifs is 1. The lowest BCUT2D eigenvalue weighted by Gasteiger charge is -2.14. The van der Waals surface area contributed by atoms with E-state index in [1.807, 2.05) is 27.2 Å². The molecule has 0 bridgehead atoms. The minimum absolute atomic E-state index is 0.538. The maximum absolute atomic E-state index is 7.44. The molecular formula is C22H24N3+. The van der Waals surface area contributed by atoms with Crippen LogP contribution in [0.2, 0.25) is 0 Å². The van der Waals surface area contributed by atoms with Crippen LogP contribution in [0.1, 0.15) is 36.1 Å². The Hall–Kier alpha value is -2.73. The number of benzene rings is 2. The molecule has 0 saturated heterocycles. The van der Waals surface area contributed by atoms with Crippen LogP contribution in [0.3, 0.4) is 0 Å². The van der Waals surface area contributed by atoms with Gasteiger partial charge in [0.1, 0.15) is 5.69 Å². The van der Waals surface area contributed by atoms with Gasteiger partial charge in [-0.2, -0.15) is 0 Å². The lowest BCUT2D eigenvalue weighted by atomic mass is 9.92. The van der Waals surface area contributed by atoms with Crippen molar-refractivity contribution in [1.82, 2.24) is 4.98 Å². The largest absolute Gasteiger partial charge is 0.306 e. The lowest BCUT2D eigenvalue weighted by molar-refractivity contribution is -0.662. The van der Waals surface area contributed by atoms with Crippen LogP contribution in [0.4, 0.5) is 0 Å². The zero-order valence-corrected chi connectivity index (χ0v) is 15.8. The number of aryl methyl sites for hydroxylation is 3. The Labute approximate surface area is 149 Å². The van der Waals surface area contributed by atoms with Crippen molar-refractivity contribution < 1.29 is 4.57 Å². The van der Waals surface area contributed by atoms with Gasteiger partial charge in [0.05, 0.1) is 12.4 Å². The van der Waals surface area contributed by atoms with Gasteiger partial charge in [-0.05, 0) is 55.1 Å². The number of hydrogen-bond donors (Lipinski definition) is 0. The Morgan fingerprint density at radius 2 is 1.80 bits per heavy atom. The second-order valence-corrected chi connectivity index (χ2v) is 7.36. The Balaban J connectivity index is 2.34. The molecule has 1 aromatic heterocycles. The average Bonchev–Trinajstić information content (AvgIpc) is 2.58. The van der Waals surface area contributed by atoms with E-state index in [1.165, 1.54) is 27.9 Å². The van der Waals surface area contributed by atoms with E-state index in [-0.39, 0.29) is 0 Å². The predicted molar refractivity (Wildman–Crippen MR) is 102 cm³/mol. The highest BCUT2D eigenvalue weighted by Gasteiger charge is 2.28. The summed E-state index contributed by atoms with van der Waals surface area (Å²) in [5.74, 6) is 0. The summed E-state index contributed by atoms with van der Waals surface area (Å²) in [4.78, 5) is 8.36. The second-order valence-electron chi connectivity index (χ2n) is 7.36. The summed E-state index contributed by atoms with van der Waals surface area (Å²) in [5, 5.41) is 1.11. The lowest BCUT2D eigenvalue weighted by Crippen LogP contribution is -2.32. The van der Waals surface area contributed by atoms with E-state index in [9.17, 15) is 0 Å². The molecule has 0 fully saturated rings. The van der Waals surface area contributed by atoms with Crippen molar-refractivity contribution in [3.63, 3.8) is 0 Å². The van der Waals surface area contributed by atoms with Gasteiger partial charge in [-0.1, -0.05) is 11.6 Å². The molecule has 0 spiro atoms. The maximum atomic E-state index is 7.44. The van der Waals surface area contributed by atoms with E-state index >= 15 is 0 Å². The second kappa shape index (κ2) is 5.97. The normalized spacial score (nSPS) is 11.6. The smallest absolute Gasteiger partial charge is 0.287 e. The van der Waals surface area contributed by atoms with Gasteiger partial charge in [0.25, 0.3) is 11.9 Å². The molecule has 0 aliphatic carbocycles. The van der Waals surface area contributed by atoms with Crippen LogP contribution in [-0.4, -0.2) is 4.98 Å². The zero-order valence-electron chi connectivity index (χ0n) is 15.8. The van der Waals surface area contributed by atoms with E-state index in [0.29, 0.717) is 0 Å². The summed E-state index contributed by atoms with van der Waals surface area (Å²) in [7, 11) is 2.04. The molecule has 3 aromatic rings. The molecular weight excluding hydrogens is 306 g/mol. The molecule has 1 heterocycles. The molecule has 3 nitrogen and oxygen atoms in total. The van der Waals surface area contributed by atoms with E-state index in [2.05, 4.69) is 65.5 Å². The first-order valence-electron chi connectivity index (χ1n) is 8.50. The monoisotopic (exact) mass is 330 g/mol. The van der Waals surface area contributed by atoms with Crippen LogP contribution in [0.15, 0.2) is 36.7 Å². The Kier molecular flexibility index (Phi) is 4.08. The molecule has 3 heteroatoms. The minimum atomic E-state index is -0.538. The topological polar surface area (TPSA) is 21.1 Å². The number of nitrogens with zero attached hydrogens (tertiary/aromatic N) is 3. The van der Waals surface area contributed by atoms with Crippen LogP contribution >= 0.6 is 0 Å². The van der Waals surface area contributed by atoms with Gasteiger partial charge in [0.15, 0.2) is 5.52 Å². The van der Waals surface area contributed by atoms with E-state index in [0.717, 1.165) is 16.5 Å². The SMILES string of the molecule is [C-]#[N+]C(C)(C)c1ccc2c(-c3cc(C)cc(C)c3C)[n+](C)cnc2c1. The Morgan fingerprint density at radius 3 is 2.48 bits per heavy atom. The summed E-state index contributed by atoms with van der Waals surface area (Å²) < 4.78 is 2.09. The molecule has 0 saturated carbocycles. The minimum Gasteiger partial charge on any atom is -0.306 e. The van der Waals surface area contributed by atoms with Crippen LogP contribution in [0, 0.1) is 27.3 Å². The Morgan fingerprint density at radius 1 is 1.08 bits per heavy atom. The van der Waals surface area contributed by atoms with Crippen molar-refractivity contribution in [2.24, 2.45) is 7.05 Å². The highest BCUT2D eigenvalue weighted by molar-refractivity contribution is 5.92. The quantitative estimate of drug-likeness (QED) is 0.488. The van der Waals surface area contributed by atoms with Crippen molar-refractivity contribution >= 4 is 10.9 Å². The van der Waals surface area contributed by atoms with E-state index < -0.39 is 5.54 Å². The van der Waals surface area contributed by atoms with Gasteiger partial charge >= 0.3 is 0 Å². The summed E-state index contributed by atoms with van der Waals surface area (Å²) in [6.07, 6.45) is 1.86. The highest BCUT2D eigenvalue weighted by atomic mass is 15.0. The van der Waals surface area contributed by atoms with Crippen LogP contribution in [0.5, 0.6) is 0 Å². The van der Waals surface area contributed by atoms with Crippen molar-refractivity contribution in [3.8, 4) is 11.3 Å². The maximum Gasteiger partial charge on any atom is 0.287 e. The molecule has 0 atom stereocenters. The molecule has 0 aliphatic heterocycles. The van der Waals surface area contributed by atoms with Crippen LogP contribution in [0.25, 0.3) is 27.0 Å². The van der Waals surface area contributed by atoms with Crippen LogP contribution in [-0.2, 0) is 12.6 Å². The first-order valence-corrected chi connectivity index (χ1v) is 8.50. The molecule has 0 radical (unpaired) electrons. The van der Waals surface area contributed by atoms with Gasteiger partial charge in [-0.25, -0.2) is 11.1 Å². The predicted octanol–water partition coefficient (Wildman–Crippen LogP) is 4.81. The van der Waals surface area contributed by atoms with Crippen molar-refractivity contribution in [3.05, 3.63) is 70.3 Å². The van der Waals surface area contributed by atoms with Crippen molar-refractivity contribution in [1.29, 1.82) is 0 Å². The average molecular weight is 330 g/mol. The third-order valence-electron chi connectivity index (χ3n) is 5.03. The highest BCUT2D eigenvalue weighted by Crippen LogP contribution is 2.32. The third-order valence-corrected chi connectivity index (χ3v) is 5.03. The zero-order chi connectivity index (χ0) is 18.4. The Bertz CT molecular complexity index is 1020. The summed E-state index contributed by atoms with van der Waals surface area (Å²) in [6, 6.07) is 10.7. The summed E-state index contributed by atoms with van der Waals surface area (Å²) in [6.45, 7) is 17.8. The number of rotatable bonds is 2. The fourth-order valence-electron chi connectivity index (χ4n) is 3.30. The molecule has 0 N–H and O–H groups in total. The molecule has 25 heavy (non-hydrogen) atoms. The fourth-order valence-corrected chi connectivity index (χ4v) is 3.30. The molecule has 0 amide bonds. The molecule has 126 valence electrons. The van der Waals surface area contributed by atoms with Gasteiger partial charge in [0.2, 0.25) is 0 Å². The molecule has 0 unspecified atom stereocenters. The van der Waals surface area contributed by atoms with Gasteiger partial charge in [0, 0.05) is 31.0 Å². The molecule has 2 aromatic carbocycles. The first kappa shape index (κ1) is 17.1. The third kappa shape index (κ3) is 2.89. The van der Waals surface area contributed by atoms with Crippen molar-refractivity contribution in [2.75, 3.05) is 0 Å². The summed E-state index contributed by atoms with van der Waals surface area (Å²) >= 11 is 0. The molecule has 3 rings (SSSR count). The fraction of sp³-hybridized carbons (Fsp3) is 0.318. The summed E-state index contributed by atoms with van der Waals surface area (Å²) in [5.41, 5.74) is 7.65. The number of hydrogen-bond acceptors (Lipinski definition) is 1. The van der Waals surface area contributed by atoms with E-state index in [1.54, 1.807) is 0 Å². The number of aromatic nitrogens is 2. The van der Waals surface area contributed by atoms with Gasteiger partial charge in [-0.15, -0.1) is 0 Å². The van der Waals surface area contributed by atoms with Crippen molar-refractivity contribution in [2.45, 2.75) is 40.2 Å². The standard InChI is InChI=1S/C22H24N3/c1-14-10-15(2)16(3)19(11-14)21-18-9-8-17(22(4,5)23-6)12-20(18)24-13-25(21)7/h8-13H,1-5,7H3/q+1. The van der Waals surface area contributed by atoms with Gasteiger partial charge < -0.3 is 4.85 Å². The van der Waals surface area contributed by atoms with E-state index in [4.69, 9.17) is 6.57 Å². The molecule has 0 aliphatic rings. The van der Waals surface area contributed by atoms with Crippen LogP contribution < -0.4 is 4.57 Å². The van der Waals surface area contributed by atoms with Gasteiger partial charge in [-0.3, -0.25) is 0 Å². The first-order chi connectivity index (χ1) is 11.7.